The largest absolute Gasteiger partial charge is 2.00 e. The van der Waals surface area contributed by atoms with Crippen molar-refractivity contribution < 1.29 is 2.85 Å². The van der Waals surface area contributed by atoms with Gasteiger partial charge in [-0.1, -0.05) is 6.07 Å². The van der Waals surface area contributed by atoms with Crippen LogP contribution in [0.4, 0.5) is 0 Å². The number of nitrogens with zero attached hydrogens (tertiary/aromatic N) is 1. The summed E-state index contributed by atoms with van der Waals surface area (Å²) >= 11 is 0. The van der Waals surface area contributed by atoms with Gasteiger partial charge in [0, 0.05) is 12.4 Å². The van der Waals surface area contributed by atoms with Crippen molar-refractivity contribution in [2.24, 2.45) is 0 Å². The van der Waals surface area contributed by atoms with Gasteiger partial charge in [-0.05, 0) is 12.1 Å². The Morgan fingerprint density at radius 2 is 1.50 bits per heavy atom. The molecule has 0 N–H and O–H groups in total. The zero-order valence-electron chi connectivity index (χ0n) is 6.75. The monoisotopic (exact) mass is 199 g/mol. The summed E-state index contributed by atoms with van der Waals surface area (Å²) in [5.74, 6) is 0. The van der Waals surface area contributed by atoms with Gasteiger partial charge in [-0.3, -0.25) is 4.98 Å². The number of aromatic nitrogens is 1. The van der Waals surface area contributed by atoms with Crippen LogP contribution in [0.15, 0.2) is 30.6 Å². The molecular formula is C5H10AsCaN. The third kappa shape index (κ3) is 5.11. The van der Waals surface area contributed by atoms with E-state index in [0.717, 1.165) is 0 Å². The maximum absolute atomic E-state index is 3.78. The first-order chi connectivity index (χ1) is 3.00. The van der Waals surface area contributed by atoms with Crippen molar-refractivity contribution in [1.29, 1.82) is 0 Å². The Bertz CT molecular complexity index is 91.6. The van der Waals surface area contributed by atoms with Crippen molar-refractivity contribution in [2.45, 2.75) is 0 Å². The van der Waals surface area contributed by atoms with Crippen molar-refractivity contribution in [3.05, 3.63) is 30.6 Å². The van der Waals surface area contributed by atoms with Crippen LogP contribution in [0.1, 0.15) is 2.85 Å². The minimum Gasteiger partial charge on any atom is -1.00 e. The standard InChI is InChI=1S/C5H5N.AsH3.Ca.2H/c1-2-4-6-5-3-1;;;;/h1-5H;1H3;;;/q;;+2;2*-1. The molecule has 0 saturated heterocycles. The first-order valence-electron chi connectivity index (χ1n) is 1.85. The first kappa shape index (κ1) is 11.7. The van der Waals surface area contributed by atoms with Crippen molar-refractivity contribution in [3.63, 3.8) is 0 Å². The first-order valence-corrected chi connectivity index (χ1v) is 1.85. The number of rotatable bonds is 0. The summed E-state index contributed by atoms with van der Waals surface area (Å²) in [7, 11) is 0. The molecule has 3 heteroatoms. The SMILES string of the molecule is [AsH3].[Ca+2].[H-].[H-].c1ccncc1. The molecule has 0 radical (unpaired) electrons. The maximum Gasteiger partial charge on any atom is 2.00 e. The van der Waals surface area contributed by atoms with Gasteiger partial charge in [-0.25, -0.2) is 0 Å². The van der Waals surface area contributed by atoms with E-state index in [2.05, 4.69) is 4.98 Å². The summed E-state index contributed by atoms with van der Waals surface area (Å²) in [6.07, 6.45) is 3.50. The van der Waals surface area contributed by atoms with Crippen molar-refractivity contribution in [1.82, 2.24) is 4.98 Å². The predicted octanol–water partition coefficient (Wildman–Crippen LogP) is -0.258. The van der Waals surface area contributed by atoms with Gasteiger partial charge in [0.2, 0.25) is 0 Å². The Kier molecular flexibility index (Phi) is 11.7. The van der Waals surface area contributed by atoms with Gasteiger partial charge in [0.15, 0.2) is 0 Å². The number of hydrogen-bond acceptors (Lipinski definition) is 1. The molecule has 0 saturated carbocycles. The Morgan fingerprint density at radius 3 is 1.62 bits per heavy atom. The summed E-state index contributed by atoms with van der Waals surface area (Å²) in [6, 6.07) is 5.72. The van der Waals surface area contributed by atoms with E-state index in [-0.39, 0.29) is 58.5 Å². The molecular weight excluding hydrogens is 189 g/mol. The van der Waals surface area contributed by atoms with Crippen LogP contribution in [0.2, 0.25) is 0 Å². The topological polar surface area (TPSA) is 12.9 Å². The molecule has 1 aromatic rings. The molecule has 1 rings (SSSR count). The zero-order chi connectivity index (χ0) is 4.24. The van der Waals surface area contributed by atoms with Crippen molar-refractivity contribution in [2.75, 3.05) is 0 Å². The third-order valence-electron chi connectivity index (χ3n) is 0.566. The predicted molar refractivity (Wildman–Crippen MR) is 42.2 cm³/mol. The van der Waals surface area contributed by atoms with Gasteiger partial charge in [0.25, 0.3) is 0 Å². The summed E-state index contributed by atoms with van der Waals surface area (Å²) < 4.78 is 0. The van der Waals surface area contributed by atoms with E-state index in [1.165, 1.54) is 0 Å². The molecule has 1 nitrogen and oxygen atoms in total. The minimum atomic E-state index is 0. The molecule has 1 unspecified atom stereocenters. The molecule has 0 spiro atoms. The molecule has 8 heavy (non-hydrogen) atoms. The van der Waals surface area contributed by atoms with Crippen LogP contribution >= 0.6 is 0 Å². The van der Waals surface area contributed by atoms with E-state index >= 15 is 0 Å². The number of hydrogen-bond donors (Lipinski definition) is 0. The van der Waals surface area contributed by atoms with Gasteiger partial charge in [0.05, 0.1) is 0 Å². The second kappa shape index (κ2) is 7.97. The van der Waals surface area contributed by atoms with E-state index in [0.29, 0.717) is 0 Å². The van der Waals surface area contributed by atoms with Gasteiger partial charge in [0.1, 0.15) is 0 Å². The molecule has 0 amide bonds. The van der Waals surface area contributed by atoms with Gasteiger partial charge >= 0.3 is 55.7 Å². The summed E-state index contributed by atoms with van der Waals surface area (Å²) in [5.41, 5.74) is 0. The van der Waals surface area contributed by atoms with E-state index in [9.17, 15) is 0 Å². The van der Waals surface area contributed by atoms with Crippen molar-refractivity contribution in [3.8, 4) is 0 Å². The maximum atomic E-state index is 3.78. The van der Waals surface area contributed by atoms with E-state index in [1.54, 1.807) is 12.4 Å². The molecule has 1 heterocycles. The molecule has 0 aromatic carbocycles. The summed E-state index contributed by atoms with van der Waals surface area (Å²) in [6.45, 7) is 0. The fraction of sp³-hybridized carbons (Fsp3) is 0. The van der Waals surface area contributed by atoms with Gasteiger partial charge < -0.3 is 2.85 Å². The smallest absolute Gasteiger partial charge is 1.00 e. The van der Waals surface area contributed by atoms with Crippen LogP contribution < -0.4 is 0 Å². The fourth-order valence-electron chi connectivity index (χ4n) is 0.313. The zero-order valence-corrected chi connectivity index (χ0v) is 9.92. The molecule has 0 aliphatic carbocycles. The summed E-state index contributed by atoms with van der Waals surface area (Å²) in [4.78, 5) is 3.78. The minimum absolute atomic E-state index is 0. The van der Waals surface area contributed by atoms with Crippen LogP contribution in [0.3, 0.4) is 0 Å². The van der Waals surface area contributed by atoms with E-state index in [1.807, 2.05) is 18.2 Å². The van der Waals surface area contributed by atoms with Crippen LogP contribution in [-0.4, -0.2) is 60.7 Å². The van der Waals surface area contributed by atoms with Gasteiger partial charge in [-0.15, -0.1) is 0 Å². The quantitative estimate of drug-likeness (QED) is 0.525. The Morgan fingerprint density at radius 1 is 1.00 bits per heavy atom. The van der Waals surface area contributed by atoms with Crippen LogP contribution in [0.5, 0.6) is 0 Å². The molecule has 0 aliphatic rings. The van der Waals surface area contributed by atoms with Gasteiger partial charge in [-0.2, -0.15) is 0 Å². The fourth-order valence-corrected chi connectivity index (χ4v) is 0.313. The molecule has 42 valence electrons. The molecule has 0 bridgehead atoms. The molecule has 1 aromatic heterocycles. The molecule has 0 aliphatic heterocycles. The van der Waals surface area contributed by atoms with Crippen LogP contribution in [-0.2, 0) is 0 Å². The van der Waals surface area contributed by atoms with Crippen molar-refractivity contribution >= 4 is 55.7 Å². The Balaban J connectivity index is -0.0000000450. The van der Waals surface area contributed by atoms with Crippen LogP contribution in [0.25, 0.3) is 0 Å². The van der Waals surface area contributed by atoms with Crippen LogP contribution in [0, 0.1) is 0 Å². The average Bonchev–Trinajstić information content (AvgIpc) is 1.72. The van der Waals surface area contributed by atoms with E-state index < -0.39 is 0 Å². The molecule has 1 atom stereocenters. The number of pyridine rings is 1. The second-order valence-electron chi connectivity index (χ2n) is 1.02. The third-order valence-corrected chi connectivity index (χ3v) is 0.566. The molecule has 0 fully saturated rings. The Labute approximate surface area is 93.2 Å². The normalized spacial score (nSPS) is 6.00. The Hall–Kier alpha value is 0.968. The average molecular weight is 199 g/mol. The second-order valence-corrected chi connectivity index (χ2v) is 1.02. The summed E-state index contributed by atoms with van der Waals surface area (Å²) in [5, 5.41) is 0. The van der Waals surface area contributed by atoms with E-state index in [4.69, 9.17) is 0 Å².